The monoisotopic (exact) mass is 313 g/mol. The SMILES string of the molecule is Cn1nc(C(=O)N2CCC3(CCOC3)C2)c(=O)c2ccccc21. The molecule has 6 nitrogen and oxygen atoms in total. The Kier molecular flexibility index (Phi) is 3.23. The quantitative estimate of drug-likeness (QED) is 0.793. The van der Waals surface area contributed by atoms with Gasteiger partial charge in [-0.05, 0) is 25.0 Å². The van der Waals surface area contributed by atoms with Gasteiger partial charge in [0.1, 0.15) is 0 Å². The third-order valence-corrected chi connectivity index (χ3v) is 5.08. The van der Waals surface area contributed by atoms with Crippen LogP contribution in [0.15, 0.2) is 29.1 Å². The average Bonchev–Trinajstić information content (AvgIpc) is 3.21. The molecule has 6 heteroatoms. The second-order valence-electron chi connectivity index (χ2n) is 6.60. The minimum absolute atomic E-state index is 0.0159. The molecule has 1 amide bonds. The summed E-state index contributed by atoms with van der Waals surface area (Å²) in [7, 11) is 1.76. The van der Waals surface area contributed by atoms with Crippen LogP contribution in [-0.4, -0.2) is 46.9 Å². The molecular weight excluding hydrogens is 294 g/mol. The minimum Gasteiger partial charge on any atom is -0.381 e. The summed E-state index contributed by atoms with van der Waals surface area (Å²) in [4.78, 5) is 27.2. The Morgan fingerprint density at radius 1 is 1.30 bits per heavy atom. The number of rotatable bonds is 1. The highest BCUT2D eigenvalue weighted by molar-refractivity contribution is 5.95. The van der Waals surface area contributed by atoms with E-state index in [-0.39, 0.29) is 22.4 Å². The molecule has 0 radical (unpaired) electrons. The molecule has 120 valence electrons. The first-order chi connectivity index (χ1) is 11.1. The number of carbonyl (C=O) groups is 1. The molecule has 0 N–H and O–H groups in total. The van der Waals surface area contributed by atoms with Crippen LogP contribution in [0, 0.1) is 5.41 Å². The summed E-state index contributed by atoms with van der Waals surface area (Å²) in [6.45, 7) is 2.79. The van der Waals surface area contributed by atoms with Gasteiger partial charge in [0.05, 0.1) is 12.1 Å². The summed E-state index contributed by atoms with van der Waals surface area (Å²) < 4.78 is 7.10. The van der Waals surface area contributed by atoms with E-state index in [9.17, 15) is 9.59 Å². The van der Waals surface area contributed by atoms with E-state index in [1.165, 1.54) is 0 Å². The lowest BCUT2D eigenvalue weighted by Crippen LogP contribution is -2.36. The molecular formula is C17H19N3O3. The fraction of sp³-hybridized carbons (Fsp3) is 0.471. The Morgan fingerprint density at radius 3 is 2.91 bits per heavy atom. The zero-order valence-electron chi connectivity index (χ0n) is 13.1. The van der Waals surface area contributed by atoms with Gasteiger partial charge in [-0.1, -0.05) is 12.1 Å². The fourth-order valence-corrected chi connectivity index (χ4v) is 3.69. The van der Waals surface area contributed by atoms with E-state index in [2.05, 4.69) is 5.10 Å². The molecule has 0 aliphatic carbocycles. The van der Waals surface area contributed by atoms with Crippen LogP contribution in [0.25, 0.3) is 10.9 Å². The zero-order chi connectivity index (χ0) is 16.0. The van der Waals surface area contributed by atoms with Gasteiger partial charge in [-0.15, -0.1) is 0 Å². The van der Waals surface area contributed by atoms with Crippen LogP contribution in [0.1, 0.15) is 23.3 Å². The van der Waals surface area contributed by atoms with Crippen LogP contribution in [0.2, 0.25) is 0 Å². The number of hydrogen-bond donors (Lipinski definition) is 0. The third-order valence-electron chi connectivity index (χ3n) is 5.08. The lowest BCUT2D eigenvalue weighted by atomic mass is 9.87. The van der Waals surface area contributed by atoms with E-state index in [0.717, 1.165) is 25.0 Å². The fourth-order valence-electron chi connectivity index (χ4n) is 3.69. The molecule has 0 saturated carbocycles. The molecule has 0 bridgehead atoms. The normalized spacial score (nSPS) is 24.0. The minimum atomic E-state index is -0.285. The van der Waals surface area contributed by atoms with Crippen LogP contribution >= 0.6 is 0 Å². The Morgan fingerprint density at radius 2 is 2.13 bits per heavy atom. The van der Waals surface area contributed by atoms with Crippen molar-refractivity contribution >= 4 is 16.8 Å². The molecule has 2 aliphatic rings. The lowest BCUT2D eigenvalue weighted by molar-refractivity contribution is 0.0756. The van der Waals surface area contributed by atoms with Gasteiger partial charge >= 0.3 is 0 Å². The van der Waals surface area contributed by atoms with Crippen molar-refractivity contribution in [3.8, 4) is 0 Å². The molecule has 3 heterocycles. The molecule has 4 rings (SSSR count). The molecule has 1 unspecified atom stereocenters. The molecule has 23 heavy (non-hydrogen) atoms. The maximum atomic E-state index is 12.8. The maximum absolute atomic E-state index is 12.8. The molecule has 1 atom stereocenters. The summed E-state index contributed by atoms with van der Waals surface area (Å²) in [5, 5.41) is 4.78. The number of aryl methyl sites for hydroxylation is 1. The first-order valence-electron chi connectivity index (χ1n) is 7.93. The van der Waals surface area contributed by atoms with E-state index in [4.69, 9.17) is 4.74 Å². The van der Waals surface area contributed by atoms with E-state index >= 15 is 0 Å². The van der Waals surface area contributed by atoms with Crippen LogP contribution in [0.5, 0.6) is 0 Å². The van der Waals surface area contributed by atoms with Crippen molar-refractivity contribution in [2.75, 3.05) is 26.3 Å². The number of nitrogens with zero attached hydrogens (tertiary/aromatic N) is 3. The van der Waals surface area contributed by atoms with E-state index in [0.29, 0.717) is 25.1 Å². The van der Waals surface area contributed by atoms with Gasteiger partial charge in [0.15, 0.2) is 5.69 Å². The van der Waals surface area contributed by atoms with Gasteiger partial charge < -0.3 is 9.64 Å². The van der Waals surface area contributed by atoms with Crippen molar-refractivity contribution in [1.29, 1.82) is 0 Å². The Labute approximate surface area is 133 Å². The first kappa shape index (κ1) is 14.4. The van der Waals surface area contributed by atoms with Crippen LogP contribution in [0.4, 0.5) is 0 Å². The van der Waals surface area contributed by atoms with Crippen LogP contribution in [0.3, 0.4) is 0 Å². The first-order valence-corrected chi connectivity index (χ1v) is 7.93. The number of ether oxygens (including phenoxy) is 1. The maximum Gasteiger partial charge on any atom is 0.278 e. The topological polar surface area (TPSA) is 64.4 Å². The molecule has 2 saturated heterocycles. The Hall–Kier alpha value is -2.21. The van der Waals surface area contributed by atoms with Gasteiger partial charge in [0.25, 0.3) is 5.91 Å². The van der Waals surface area contributed by atoms with Gasteiger partial charge in [-0.25, -0.2) is 0 Å². The molecule has 2 aliphatic heterocycles. The Bertz CT molecular complexity index is 837. The van der Waals surface area contributed by atoms with E-state index in [1.807, 2.05) is 12.1 Å². The highest BCUT2D eigenvalue weighted by atomic mass is 16.5. The number of benzene rings is 1. The summed E-state index contributed by atoms with van der Waals surface area (Å²) in [6, 6.07) is 7.24. The number of amides is 1. The van der Waals surface area contributed by atoms with Crippen molar-refractivity contribution in [1.82, 2.24) is 14.7 Å². The number of fused-ring (bicyclic) bond motifs is 1. The van der Waals surface area contributed by atoms with Gasteiger partial charge in [-0.3, -0.25) is 14.3 Å². The lowest BCUT2D eigenvalue weighted by Gasteiger charge is -2.21. The average molecular weight is 313 g/mol. The number of para-hydroxylation sites is 1. The Balaban J connectivity index is 1.71. The number of hydrogen-bond acceptors (Lipinski definition) is 4. The summed E-state index contributed by atoms with van der Waals surface area (Å²) in [5.74, 6) is -0.264. The van der Waals surface area contributed by atoms with Gasteiger partial charge in [-0.2, -0.15) is 5.10 Å². The highest BCUT2D eigenvalue weighted by Gasteiger charge is 2.43. The van der Waals surface area contributed by atoms with Crippen molar-refractivity contribution in [3.63, 3.8) is 0 Å². The van der Waals surface area contributed by atoms with Crippen molar-refractivity contribution in [2.24, 2.45) is 12.5 Å². The summed E-state index contributed by atoms with van der Waals surface area (Å²) in [5.41, 5.74) is 0.545. The van der Waals surface area contributed by atoms with Gasteiger partial charge in [0.2, 0.25) is 5.43 Å². The largest absolute Gasteiger partial charge is 0.381 e. The number of carbonyl (C=O) groups excluding carboxylic acids is 1. The molecule has 2 fully saturated rings. The number of likely N-dealkylation sites (tertiary alicyclic amines) is 1. The number of aromatic nitrogens is 2. The van der Waals surface area contributed by atoms with Crippen molar-refractivity contribution in [2.45, 2.75) is 12.8 Å². The molecule has 1 aromatic heterocycles. The second-order valence-corrected chi connectivity index (χ2v) is 6.60. The second kappa shape index (κ2) is 5.16. The van der Waals surface area contributed by atoms with E-state index < -0.39 is 0 Å². The summed E-state index contributed by atoms with van der Waals surface area (Å²) in [6.07, 6.45) is 1.92. The summed E-state index contributed by atoms with van der Waals surface area (Å²) >= 11 is 0. The standard InChI is InChI=1S/C17H19N3O3/c1-19-13-5-3-2-4-12(13)15(21)14(18-19)16(22)20-8-6-17(10-20)7-9-23-11-17/h2-5H,6-11H2,1H3. The van der Waals surface area contributed by atoms with Crippen molar-refractivity contribution in [3.05, 3.63) is 40.2 Å². The van der Waals surface area contributed by atoms with Crippen LogP contribution < -0.4 is 5.43 Å². The predicted molar refractivity (Wildman–Crippen MR) is 85.4 cm³/mol. The highest BCUT2D eigenvalue weighted by Crippen LogP contribution is 2.38. The zero-order valence-corrected chi connectivity index (χ0v) is 13.1. The predicted octanol–water partition coefficient (Wildman–Crippen LogP) is 1.19. The molecule has 1 spiro atoms. The van der Waals surface area contributed by atoms with E-state index in [1.54, 1.807) is 28.8 Å². The van der Waals surface area contributed by atoms with Crippen LogP contribution in [-0.2, 0) is 11.8 Å². The van der Waals surface area contributed by atoms with Gasteiger partial charge in [0, 0.05) is 37.5 Å². The molecule has 1 aromatic carbocycles. The van der Waals surface area contributed by atoms with Crippen molar-refractivity contribution < 1.29 is 9.53 Å². The third kappa shape index (κ3) is 2.25. The molecule has 2 aromatic rings. The smallest absolute Gasteiger partial charge is 0.278 e.